The van der Waals surface area contributed by atoms with Crippen molar-refractivity contribution in [1.82, 2.24) is 4.57 Å². The van der Waals surface area contributed by atoms with Crippen LogP contribution in [0, 0.1) is 0 Å². The van der Waals surface area contributed by atoms with E-state index in [-0.39, 0.29) is 27.3 Å². The molecule has 0 aliphatic heterocycles. The van der Waals surface area contributed by atoms with Gasteiger partial charge in [0.25, 0.3) is 0 Å². The highest BCUT2D eigenvalue weighted by molar-refractivity contribution is 7.89. The maximum atomic E-state index is 11.9. The second-order valence-corrected chi connectivity index (χ2v) is 10.6. The third-order valence-corrected chi connectivity index (χ3v) is 7.19. The molecule has 0 spiro atoms. The molecule has 0 unspecified atom stereocenters. The summed E-state index contributed by atoms with van der Waals surface area (Å²) in [7, 11) is -3.98. The Morgan fingerprint density at radius 2 is 1.73 bits per heavy atom. The third kappa shape index (κ3) is 5.18. The lowest BCUT2D eigenvalue weighted by Gasteiger charge is -2.09. The molecule has 0 aliphatic rings. The smallest absolute Gasteiger partial charge is 0.240 e. The molecule has 0 saturated heterocycles. The van der Waals surface area contributed by atoms with Gasteiger partial charge in [0.15, 0.2) is 5.69 Å². The summed E-state index contributed by atoms with van der Waals surface area (Å²) in [5.74, 6) is -0.109. The maximum absolute atomic E-state index is 11.9. The lowest BCUT2D eigenvalue weighted by atomic mass is 10.1. The van der Waals surface area contributed by atoms with E-state index in [2.05, 4.69) is 21.6 Å². The Morgan fingerprint density at radius 1 is 1.00 bits per heavy atom. The Hall–Kier alpha value is -3.83. The van der Waals surface area contributed by atoms with Crippen molar-refractivity contribution in [3.8, 4) is 5.88 Å². The van der Waals surface area contributed by atoms with Gasteiger partial charge >= 0.3 is 0 Å². The summed E-state index contributed by atoms with van der Waals surface area (Å²) in [5.41, 5.74) is 2.05. The zero-order valence-electron chi connectivity index (χ0n) is 19.2. The normalized spacial score (nSPS) is 11.9. The van der Waals surface area contributed by atoms with Gasteiger partial charge < -0.3 is 15.0 Å². The van der Waals surface area contributed by atoms with Gasteiger partial charge in [0, 0.05) is 10.4 Å². The van der Waals surface area contributed by atoms with Crippen molar-refractivity contribution in [2.75, 3.05) is 5.32 Å². The summed E-state index contributed by atoms with van der Waals surface area (Å²) in [6.45, 7) is 0.384. The van der Waals surface area contributed by atoms with Crippen LogP contribution in [0.15, 0.2) is 100 Å². The number of hydrogen-bond acceptors (Lipinski definition) is 5. The number of nitrogens with zero attached hydrogens (tertiary/aromatic N) is 3. The molecule has 0 aliphatic carbocycles. The molecular formula is C26H20ClN5O3S2. The number of aromatic hydroxyl groups is 1. The van der Waals surface area contributed by atoms with Gasteiger partial charge in [-0.25, -0.2) is 13.6 Å². The fraction of sp³-hybridized carbons (Fsp3) is 0.0385. The predicted molar refractivity (Wildman–Crippen MR) is 150 cm³/mol. The number of thiocarbonyl (C=S) groups is 1. The van der Waals surface area contributed by atoms with E-state index in [1.165, 1.54) is 12.1 Å². The van der Waals surface area contributed by atoms with Gasteiger partial charge in [0.2, 0.25) is 21.0 Å². The second kappa shape index (κ2) is 9.91. The summed E-state index contributed by atoms with van der Waals surface area (Å²) >= 11 is 11.5. The number of benzene rings is 4. The molecule has 1 aromatic heterocycles. The first-order valence-corrected chi connectivity index (χ1v) is 13.4. The SMILES string of the molecule is NS(=O)(=O)c1ccccc1NC(=S)N=Nc1c(O)n(Cc2ccc3ccccc3c2)c2ccc(Cl)cc12. The van der Waals surface area contributed by atoms with Gasteiger partial charge in [-0.05, 0) is 65.0 Å². The van der Waals surface area contributed by atoms with E-state index < -0.39 is 10.0 Å². The van der Waals surface area contributed by atoms with Crippen molar-refractivity contribution >= 4 is 72.0 Å². The number of azo groups is 1. The van der Waals surface area contributed by atoms with E-state index in [4.69, 9.17) is 29.0 Å². The largest absolute Gasteiger partial charge is 0.493 e. The number of aromatic nitrogens is 1. The van der Waals surface area contributed by atoms with Crippen LogP contribution in [-0.4, -0.2) is 23.2 Å². The predicted octanol–water partition coefficient (Wildman–Crippen LogP) is 6.33. The summed E-state index contributed by atoms with van der Waals surface area (Å²) in [5, 5.41) is 30.5. The van der Waals surface area contributed by atoms with Crippen LogP contribution in [-0.2, 0) is 16.6 Å². The Kier molecular flexibility index (Phi) is 6.65. The Balaban J connectivity index is 1.49. The van der Waals surface area contributed by atoms with Crippen LogP contribution >= 0.6 is 23.8 Å². The van der Waals surface area contributed by atoms with E-state index in [0.717, 1.165) is 16.3 Å². The van der Waals surface area contributed by atoms with Gasteiger partial charge in [-0.1, -0.05) is 60.1 Å². The van der Waals surface area contributed by atoms with Crippen LogP contribution in [0.1, 0.15) is 5.56 Å². The van der Waals surface area contributed by atoms with Crippen LogP contribution in [0.4, 0.5) is 11.4 Å². The monoisotopic (exact) mass is 549 g/mol. The summed E-state index contributed by atoms with van der Waals surface area (Å²) in [6, 6.07) is 25.4. The number of hydrogen-bond donors (Lipinski definition) is 3. The number of nitrogens with two attached hydrogens (primary N) is 1. The highest BCUT2D eigenvalue weighted by Crippen LogP contribution is 2.40. The van der Waals surface area contributed by atoms with Crippen molar-refractivity contribution in [2.45, 2.75) is 11.4 Å². The first-order valence-electron chi connectivity index (χ1n) is 11.0. The van der Waals surface area contributed by atoms with Gasteiger partial charge in [-0.15, -0.1) is 10.2 Å². The average Bonchev–Trinajstić information content (AvgIpc) is 3.12. The molecule has 0 saturated carbocycles. The summed E-state index contributed by atoms with van der Waals surface area (Å²) in [4.78, 5) is -0.130. The summed E-state index contributed by atoms with van der Waals surface area (Å²) < 4.78 is 25.4. The number of primary sulfonamides is 1. The first-order chi connectivity index (χ1) is 17.7. The lowest BCUT2D eigenvalue weighted by Crippen LogP contribution is -2.16. The van der Waals surface area contributed by atoms with Gasteiger partial charge in [0.1, 0.15) is 4.90 Å². The van der Waals surface area contributed by atoms with Gasteiger partial charge in [-0.2, -0.15) is 0 Å². The van der Waals surface area contributed by atoms with Gasteiger partial charge in [-0.3, -0.25) is 0 Å². The van der Waals surface area contributed by atoms with Crippen LogP contribution < -0.4 is 10.5 Å². The molecule has 0 radical (unpaired) electrons. The molecule has 186 valence electrons. The second-order valence-electron chi connectivity index (χ2n) is 8.27. The molecule has 0 fully saturated rings. The third-order valence-electron chi connectivity index (χ3n) is 5.80. The molecule has 37 heavy (non-hydrogen) atoms. The number of anilines is 1. The van der Waals surface area contributed by atoms with Crippen molar-refractivity contribution in [2.24, 2.45) is 15.4 Å². The minimum atomic E-state index is -3.98. The molecule has 8 nitrogen and oxygen atoms in total. The van der Waals surface area contributed by atoms with Crippen molar-refractivity contribution in [3.63, 3.8) is 0 Å². The first kappa shape index (κ1) is 24.8. The fourth-order valence-electron chi connectivity index (χ4n) is 4.13. The number of nitrogens with one attached hydrogen (secondary N) is 1. The molecule has 0 atom stereocenters. The molecule has 5 aromatic rings. The quantitative estimate of drug-likeness (QED) is 0.175. The Bertz CT molecular complexity index is 1820. The van der Waals surface area contributed by atoms with E-state index in [0.29, 0.717) is 22.5 Å². The molecular weight excluding hydrogens is 530 g/mol. The molecule has 5 rings (SSSR count). The number of sulfonamides is 1. The fourth-order valence-corrected chi connectivity index (χ4v) is 5.14. The van der Waals surface area contributed by atoms with Gasteiger partial charge in [0.05, 0.1) is 17.7 Å². The highest BCUT2D eigenvalue weighted by atomic mass is 35.5. The van der Waals surface area contributed by atoms with Crippen molar-refractivity contribution in [1.29, 1.82) is 0 Å². The number of rotatable bonds is 5. The highest BCUT2D eigenvalue weighted by Gasteiger charge is 2.18. The number of para-hydroxylation sites is 1. The minimum Gasteiger partial charge on any atom is -0.493 e. The standard InChI is InChI=1S/C26H20ClN5O3S2/c27-19-11-12-22-20(14-19)24(30-31-26(36)29-21-7-3-4-8-23(21)37(28,34)35)25(33)32(22)15-16-9-10-17-5-1-2-6-18(17)13-16/h1-14,33H,15H2,(H,29,36)(H2,28,34,35). The molecule has 4 N–H and O–H groups in total. The molecule has 4 aromatic carbocycles. The lowest BCUT2D eigenvalue weighted by molar-refractivity contribution is 0.429. The Morgan fingerprint density at radius 3 is 2.51 bits per heavy atom. The van der Waals surface area contributed by atoms with E-state index in [1.54, 1.807) is 34.9 Å². The van der Waals surface area contributed by atoms with Crippen LogP contribution in [0.5, 0.6) is 5.88 Å². The van der Waals surface area contributed by atoms with Crippen LogP contribution in [0.3, 0.4) is 0 Å². The summed E-state index contributed by atoms with van der Waals surface area (Å²) in [6.07, 6.45) is 0. The van der Waals surface area contributed by atoms with Crippen LogP contribution in [0.2, 0.25) is 5.02 Å². The molecule has 0 bridgehead atoms. The Labute approximate surface area is 223 Å². The molecule has 0 amide bonds. The minimum absolute atomic E-state index is 0.109. The zero-order chi connectivity index (χ0) is 26.2. The molecule has 11 heteroatoms. The van der Waals surface area contributed by atoms with Crippen molar-refractivity contribution in [3.05, 3.63) is 95.5 Å². The number of halogens is 1. The van der Waals surface area contributed by atoms with E-state index in [1.807, 2.05) is 36.4 Å². The van der Waals surface area contributed by atoms with Crippen LogP contribution in [0.25, 0.3) is 21.7 Å². The zero-order valence-corrected chi connectivity index (χ0v) is 21.6. The van der Waals surface area contributed by atoms with E-state index in [9.17, 15) is 13.5 Å². The topological polar surface area (TPSA) is 122 Å². The maximum Gasteiger partial charge on any atom is 0.240 e. The average molecular weight is 550 g/mol. The van der Waals surface area contributed by atoms with E-state index >= 15 is 0 Å². The van der Waals surface area contributed by atoms with Crippen molar-refractivity contribution < 1.29 is 13.5 Å². The number of fused-ring (bicyclic) bond motifs is 2. The molecule has 1 heterocycles.